The molecular formula is C24H23ClF4N4O4. The number of anilines is 1. The normalized spacial score (nSPS) is 14.7. The summed E-state index contributed by atoms with van der Waals surface area (Å²) in [5.41, 5.74) is 0.404. The van der Waals surface area contributed by atoms with E-state index in [1.807, 2.05) is 6.92 Å². The van der Waals surface area contributed by atoms with E-state index in [2.05, 4.69) is 10.1 Å². The Morgan fingerprint density at radius 1 is 1.19 bits per heavy atom. The zero-order valence-corrected chi connectivity index (χ0v) is 20.8. The maximum absolute atomic E-state index is 14.6. The van der Waals surface area contributed by atoms with Gasteiger partial charge in [-0.2, -0.15) is 18.3 Å². The molecule has 198 valence electrons. The molecule has 0 aliphatic carbocycles. The number of aromatic nitrogens is 1. The third-order valence-electron chi connectivity index (χ3n) is 5.70. The van der Waals surface area contributed by atoms with Crippen LogP contribution in [-0.4, -0.2) is 60.0 Å². The molecule has 0 bridgehead atoms. The van der Waals surface area contributed by atoms with Crippen molar-refractivity contribution in [3.05, 3.63) is 47.4 Å². The third kappa shape index (κ3) is 5.30. The number of aliphatic hydroxyl groups is 1. The number of amidine groups is 1. The Hall–Kier alpha value is -3.51. The van der Waals surface area contributed by atoms with Crippen LogP contribution in [0.5, 0.6) is 23.1 Å². The maximum Gasteiger partial charge on any atom is 0.425 e. The number of methoxy groups -OCH3 is 1. The molecule has 2 aromatic carbocycles. The van der Waals surface area contributed by atoms with Crippen LogP contribution in [0, 0.1) is 5.82 Å². The lowest BCUT2D eigenvalue weighted by Gasteiger charge is -2.23. The highest BCUT2D eigenvalue weighted by atomic mass is 35.5. The van der Waals surface area contributed by atoms with E-state index >= 15 is 0 Å². The number of hydrogen-bond acceptors (Lipinski definition) is 8. The first-order valence-corrected chi connectivity index (χ1v) is 11.5. The quantitative estimate of drug-likeness (QED) is 0.373. The Balaban J connectivity index is 1.86. The van der Waals surface area contributed by atoms with Crippen LogP contribution in [0.1, 0.15) is 13.8 Å². The van der Waals surface area contributed by atoms with E-state index in [1.54, 1.807) is 17.0 Å². The molecule has 1 aromatic heterocycles. The van der Waals surface area contributed by atoms with Crippen molar-refractivity contribution < 1.29 is 36.9 Å². The standard InChI is InChI=1S/C24H23ClF4N4O4/c1-4-32-12-33(31-19(32)11-34)15-9-14-7-8-30-23(20(14)18(10-15)36-13(2)24(27,28)29)37-22-16(26)5-6-17(35-3)21(22)25/h5-10,13,34H,4,11-12H2,1-3H3. The van der Waals surface area contributed by atoms with Crippen molar-refractivity contribution in [1.82, 2.24) is 9.88 Å². The zero-order chi connectivity index (χ0) is 26.9. The van der Waals surface area contributed by atoms with Crippen molar-refractivity contribution in [1.29, 1.82) is 0 Å². The largest absolute Gasteiger partial charge is 0.495 e. The fourth-order valence-corrected chi connectivity index (χ4v) is 3.97. The van der Waals surface area contributed by atoms with E-state index in [0.29, 0.717) is 23.5 Å². The highest BCUT2D eigenvalue weighted by molar-refractivity contribution is 6.33. The molecule has 37 heavy (non-hydrogen) atoms. The van der Waals surface area contributed by atoms with E-state index < -0.39 is 23.8 Å². The number of hydrogen-bond donors (Lipinski definition) is 1. The Bertz CT molecular complexity index is 1340. The molecule has 2 heterocycles. The van der Waals surface area contributed by atoms with E-state index in [0.717, 1.165) is 13.0 Å². The number of nitrogens with zero attached hydrogens (tertiary/aromatic N) is 4. The smallest absolute Gasteiger partial charge is 0.425 e. The van der Waals surface area contributed by atoms with Crippen molar-refractivity contribution in [2.45, 2.75) is 26.1 Å². The first-order chi connectivity index (χ1) is 17.6. The Morgan fingerprint density at radius 2 is 1.95 bits per heavy atom. The summed E-state index contributed by atoms with van der Waals surface area (Å²) < 4.78 is 71.1. The molecule has 1 N–H and O–H groups in total. The molecule has 3 aromatic rings. The molecule has 1 unspecified atom stereocenters. The predicted molar refractivity (Wildman–Crippen MR) is 130 cm³/mol. The van der Waals surface area contributed by atoms with Crippen molar-refractivity contribution in [3.8, 4) is 23.1 Å². The van der Waals surface area contributed by atoms with Gasteiger partial charge >= 0.3 is 6.18 Å². The summed E-state index contributed by atoms with van der Waals surface area (Å²) in [6.45, 7) is 3.27. The summed E-state index contributed by atoms with van der Waals surface area (Å²) in [6, 6.07) is 6.95. The molecule has 0 saturated carbocycles. The van der Waals surface area contributed by atoms with Crippen LogP contribution < -0.4 is 19.2 Å². The summed E-state index contributed by atoms with van der Waals surface area (Å²) in [4.78, 5) is 5.92. The zero-order valence-electron chi connectivity index (χ0n) is 20.0. The van der Waals surface area contributed by atoms with Crippen molar-refractivity contribution in [2.75, 3.05) is 31.9 Å². The number of halogens is 5. The lowest BCUT2D eigenvalue weighted by Crippen LogP contribution is -2.32. The fourth-order valence-electron chi connectivity index (χ4n) is 3.70. The molecule has 0 fully saturated rings. The molecule has 1 atom stereocenters. The van der Waals surface area contributed by atoms with Crippen LogP contribution in [0.15, 0.2) is 41.6 Å². The van der Waals surface area contributed by atoms with Gasteiger partial charge in [0, 0.05) is 18.8 Å². The van der Waals surface area contributed by atoms with Gasteiger partial charge in [-0.3, -0.25) is 0 Å². The summed E-state index contributed by atoms with van der Waals surface area (Å²) >= 11 is 6.22. The van der Waals surface area contributed by atoms with Crippen LogP contribution in [0.4, 0.5) is 23.2 Å². The van der Waals surface area contributed by atoms with E-state index in [4.69, 9.17) is 25.8 Å². The molecule has 0 amide bonds. The maximum atomic E-state index is 14.6. The van der Waals surface area contributed by atoms with Crippen molar-refractivity contribution in [2.24, 2.45) is 5.10 Å². The van der Waals surface area contributed by atoms with Gasteiger partial charge in [-0.1, -0.05) is 11.6 Å². The SMILES string of the molecule is CCN1CN(c2cc(OC(C)C(F)(F)F)c3c(Oc4c(F)ccc(OC)c4Cl)nccc3c2)N=C1CO. The van der Waals surface area contributed by atoms with Crippen LogP contribution in [0.25, 0.3) is 10.8 Å². The number of hydrazone groups is 1. The summed E-state index contributed by atoms with van der Waals surface area (Å²) in [5, 5.41) is 15.8. The Labute approximate surface area is 214 Å². The van der Waals surface area contributed by atoms with Gasteiger partial charge in [0.05, 0.1) is 18.2 Å². The first kappa shape index (κ1) is 26.6. The second-order valence-electron chi connectivity index (χ2n) is 8.03. The number of likely N-dealkylation sites (N-methyl/N-ethyl adjacent to an activating group) is 1. The highest BCUT2D eigenvalue weighted by Gasteiger charge is 2.39. The molecule has 0 radical (unpaired) electrons. The van der Waals surface area contributed by atoms with Crippen LogP contribution in [0.2, 0.25) is 5.02 Å². The Kier molecular flexibility index (Phi) is 7.51. The lowest BCUT2D eigenvalue weighted by atomic mass is 10.1. The first-order valence-electron chi connectivity index (χ1n) is 11.1. The topological polar surface area (TPSA) is 79.7 Å². The molecule has 1 aliphatic heterocycles. The monoisotopic (exact) mass is 542 g/mol. The van der Waals surface area contributed by atoms with Gasteiger partial charge in [-0.05, 0) is 43.5 Å². The average molecular weight is 543 g/mol. The molecule has 4 rings (SSSR count). The molecule has 0 spiro atoms. The summed E-state index contributed by atoms with van der Waals surface area (Å²) in [7, 11) is 1.34. The van der Waals surface area contributed by atoms with Gasteiger partial charge < -0.3 is 24.2 Å². The molecule has 13 heteroatoms. The number of aliphatic hydroxyl groups excluding tert-OH is 1. The number of pyridine rings is 1. The second-order valence-corrected chi connectivity index (χ2v) is 8.40. The van der Waals surface area contributed by atoms with E-state index in [-0.39, 0.29) is 41.1 Å². The number of alkyl halides is 3. The average Bonchev–Trinajstić information content (AvgIpc) is 3.29. The molecule has 8 nitrogen and oxygen atoms in total. The molecular weight excluding hydrogens is 520 g/mol. The fraction of sp³-hybridized carbons (Fsp3) is 0.333. The number of ether oxygens (including phenoxy) is 3. The van der Waals surface area contributed by atoms with Crippen molar-refractivity contribution in [3.63, 3.8) is 0 Å². The van der Waals surface area contributed by atoms with Crippen LogP contribution in [0.3, 0.4) is 0 Å². The van der Waals surface area contributed by atoms with Crippen LogP contribution in [-0.2, 0) is 0 Å². The van der Waals surface area contributed by atoms with Crippen LogP contribution >= 0.6 is 11.6 Å². The lowest BCUT2D eigenvalue weighted by molar-refractivity contribution is -0.189. The van der Waals surface area contributed by atoms with E-state index in [9.17, 15) is 22.7 Å². The second kappa shape index (κ2) is 10.5. The highest BCUT2D eigenvalue weighted by Crippen LogP contribution is 2.43. The van der Waals surface area contributed by atoms with Gasteiger partial charge in [0.25, 0.3) is 0 Å². The van der Waals surface area contributed by atoms with Gasteiger partial charge in [0.2, 0.25) is 5.88 Å². The van der Waals surface area contributed by atoms with Gasteiger partial charge in [0.1, 0.15) is 29.8 Å². The number of rotatable bonds is 8. The molecule has 0 saturated heterocycles. The number of benzene rings is 2. The van der Waals surface area contributed by atoms with Crippen molar-refractivity contribution >= 4 is 33.9 Å². The van der Waals surface area contributed by atoms with E-state index in [1.165, 1.54) is 30.4 Å². The van der Waals surface area contributed by atoms with Gasteiger partial charge in [-0.15, -0.1) is 0 Å². The summed E-state index contributed by atoms with van der Waals surface area (Å²) in [5.74, 6) is -1.12. The minimum absolute atomic E-state index is 0.0681. The number of fused-ring (bicyclic) bond motifs is 1. The third-order valence-corrected chi connectivity index (χ3v) is 6.06. The van der Waals surface area contributed by atoms with Gasteiger partial charge in [-0.25, -0.2) is 14.4 Å². The minimum atomic E-state index is -4.66. The minimum Gasteiger partial charge on any atom is -0.495 e. The Morgan fingerprint density at radius 3 is 2.57 bits per heavy atom. The predicted octanol–water partition coefficient (Wildman–Crippen LogP) is 5.56. The molecule has 1 aliphatic rings. The summed E-state index contributed by atoms with van der Waals surface area (Å²) in [6.07, 6.45) is -5.49. The van der Waals surface area contributed by atoms with Gasteiger partial charge in [0.15, 0.2) is 23.5 Å².